The van der Waals surface area contributed by atoms with Crippen LogP contribution < -0.4 is 17.3 Å². The van der Waals surface area contributed by atoms with Crippen LogP contribution in [0.3, 0.4) is 0 Å². The minimum Gasteiger partial charge on any atom is -0.368 e. The van der Waals surface area contributed by atoms with Crippen molar-refractivity contribution in [3.63, 3.8) is 0 Å². The highest BCUT2D eigenvalue weighted by atomic mass is 15.5. The third kappa shape index (κ3) is 0.937. The van der Waals surface area contributed by atoms with Crippen LogP contribution in [-0.4, -0.2) is 29.4 Å². The largest absolute Gasteiger partial charge is 0.368 e. The summed E-state index contributed by atoms with van der Waals surface area (Å²) in [5.74, 6) is 5.53. The Kier molecular flexibility index (Phi) is 1.56. The fourth-order valence-electron chi connectivity index (χ4n) is 0.657. The summed E-state index contributed by atoms with van der Waals surface area (Å²) in [5, 5.41) is 8.23. The van der Waals surface area contributed by atoms with Crippen molar-refractivity contribution in [2.24, 2.45) is 22.3 Å². The maximum atomic E-state index is 7.25. The number of nitrogens with two attached hydrogens (primary N) is 3. The Morgan fingerprint density at radius 1 is 1.70 bits per heavy atom. The quantitative estimate of drug-likeness (QED) is 0.287. The standard InChI is InChI=1S/C4H10N6/c5-2-1-9-4(7)10(8)3(2)6/h2,6H,1,5,8H2,(H2,7,9). The van der Waals surface area contributed by atoms with Crippen LogP contribution in [-0.2, 0) is 0 Å². The van der Waals surface area contributed by atoms with E-state index in [1.54, 1.807) is 0 Å². The topological polar surface area (TPSA) is 118 Å². The van der Waals surface area contributed by atoms with E-state index in [2.05, 4.69) is 4.99 Å². The Balaban J connectivity index is 2.81. The summed E-state index contributed by atoms with van der Waals surface area (Å²) in [6, 6.07) is -0.419. The molecule has 1 unspecified atom stereocenters. The van der Waals surface area contributed by atoms with Crippen molar-refractivity contribution in [1.82, 2.24) is 5.01 Å². The average Bonchev–Trinajstić information content (AvgIpc) is 1.93. The second kappa shape index (κ2) is 2.24. The Hall–Kier alpha value is -1.14. The molecule has 0 spiro atoms. The highest BCUT2D eigenvalue weighted by Crippen LogP contribution is 1.95. The third-order valence-corrected chi connectivity index (χ3v) is 1.31. The van der Waals surface area contributed by atoms with Gasteiger partial charge < -0.3 is 11.5 Å². The normalized spacial score (nSPS) is 26.6. The molecule has 6 nitrogen and oxygen atoms in total. The molecule has 0 aliphatic carbocycles. The molecule has 0 aromatic rings. The van der Waals surface area contributed by atoms with E-state index < -0.39 is 6.04 Å². The lowest BCUT2D eigenvalue weighted by molar-refractivity contribution is 0.571. The van der Waals surface area contributed by atoms with Gasteiger partial charge in [-0.3, -0.25) is 5.41 Å². The molecule has 0 fully saturated rings. The summed E-state index contributed by atoms with van der Waals surface area (Å²) in [5.41, 5.74) is 10.7. The van der Waals surface area contributed by atoms with Gasteiger partial charge in [-0.05, 0) is 0 Å². The van der Waals surface area contributed by atoms with E-state index >= 15 is 0 Å². The molecule has 0 aromatic heterocycles. The van der Waals surface area contributed by atoms with Crippen LogP contribution in [0.15, 0.2) is 4.99 Å². The summed E-state index contributed by atoms with van der Waals surface area (Å²) in [6.07, 6.45) is 0. The molecule has 0 amide bonds. The Morgan fingerprint density at radius 3 is 2.80 bits per heavy atom. The highest BCUT2D eigenvalue weighted by molar-refractivity contribution is 6.01. The number of rotatable bonds is 0. The first-order chi connectivity index (χ1) is 4.63. The molecule has 0 bridgehead atoms. The van der Waals surface area contributed by atoms with Gasteiger partial charge in [0.05, 0.1) is 12.6 Å². The number of nitrogens with one attached hydrogen (secondary N) is 1. The van der Waals surface area contributed by atoms with Crippen molar-refractivity contribution in [3.05, 3.63) is 0 Å². The van der Waals surface area contributed by atoms with Crippen LogP contribution >= 0.6 is 0 Å². The monoisotopic (exact) mass is 142 g/mol. The van der Waals surface area contributed by atoms with Crippen LogP contribution in [0.5, 0.6) is 0 Å². The van der Waals surface area contributed by atoms with Crippen LogP contribution in [0.25, 0.3) is 0 Å². The number of aliphatic imine (C=N–C) groups is 1. The van der Waals surface area contributed by atoms with E-state index in [9.17, 15) is 0 Å². The summed E-state index contributed by atoms with van der Waals surface area (Å²) in [7, 11) is 0. The molecular weight excluding hydrogens is 132 g/mol. The highest BCUT2D eigenvalue weighted by Gasteiger charge is 2.21. The first kappa shape index (κ1) is 6.97. The number of nitrogens with zero attached hydrogens (tertiary/aromatic N) is 2. The number of hydrogen-bond acceptors (Lipinski definition) is 5. The first-order valence-electron chi connectivity index (χ1n) is 2.81. The van der Waals surface area contributed by atoms with E-state index in [1.807, 2.05) is 0 Å². The van der Waals surface area contributed by atoms with Crippen molar-refractivity contribution in [2.45, 2.75) is 6.04 Å². The molecule has 1 aliphatic rings. The maximum absolute atomic E-state index is 7.25. The Bertz CT molecular complexity index is 184. The Morgan fingerprint density at radius 2 is 2.30 bits per heavy atom. The van der Waals surface area contributed by atoms with Gasteiger partial charge in [-0.2, -0.15) is 0 Å². The molecule has 10 heavy (non-hydrogen) atoms. The van der Waals surface area contributed by atoms with Crippen LogP contribution in [0.2, 0.25) is 0 Å². The number of amidine groups is 1. The fourth-order valence-corrected chi connectivity index (χ4v) is 0.657. The predicted octanol–water partition coefficient (Wildman–Crippen LogP) is -2.21. The van der Waals surface area contributed by atoms with Gasteiger partial charge in [0, 0.05) is 0 Å². The summed E-state index contributed by atoms with van der Waals surface area (Å²) in [4.78, 5) is 3.77. The van der Waals surface area contributed by atoms with Crippen molar-refractivity contribution in [2.75, 3.05) is 6.54 Å². The maximum Gasteiger partial charge on any atom is 0.211 e. The Labute approximate surface area is 58.2 Å². The van der Waals surface area contributed by atoms with E-state index in [0.29, 0.717) is 6.54 Å². The van der Waals surface area contributed by atoms with Crippen molar-refractivity contribution < 1.29 is 0 Å². The molecule has 1 atom stereocenters. The van der Waals surface area contributed by atoms with Crippen molar-refractivity contribution in [1.29, 1.82) is 5.41 Å². The minimum atomic E-state index is -0.419. The summed E-state index contributed by atoms with van der Waals surface area (Å²) >= 11 is 0. The zero-order chi connectivity index (χ0) is 7.72. The number of hydrogen-bond donors (Lipinski definition) is 4. The second-order valence-corrected chi connectivity index (χ2v) is 2.06. The zero-order valence-electron chi connectivity index (χ0n) is 5.41. The number of hydrazine groups is 1. The zero-order valence-corrected chi connectivity index (χ0v) is 5.41. The van der Waals surface area contributed by atoms with Crippen molar-refractivity contribution >= 4 is 11.8 Å². The molecule has 0 radical (unpaired) electrons. The molecule has 1 rings (SSSR count). The second-order valence-electron chi connectivity index (χ2n) is 2.06. The van der Waals surface area contributed by atoms with E-state index in [1.165, 1.54) is 0 Å². The lowest BCUT2D eigenvalue weighted by atomic mass is 10.2. The molecule has 1 aliphatic heterocycles. The molecule has 1 heterocycles. The lowest BCUT2D eigenvalue weighted by Crippen LogP contribution is -2.57. The van der Waals surface area contributed by atoms with Gasteiger partial charge in [0.2, 0.25) is 5.96 Å². The van der Waals surface area contributed by atoms with Gasteiger partial charge in [0.25, 0.3) is 0 Å². The average molecular weight is 142 g/mol. The van der Waals surface area contributed by atoms with Crippen LogP contribution in [0.4, 0.5) is 0 Å². The van der Waals surface area contributed by atoms with Gasteiger partial charge in [0.1, 0.15) is 5.84 Å². The third-order valence-electron chi connectivity index (χ3n) is 1.31. The van der Waals surface area contributed by atoms with Gasteiger partial charge in [-0.15, -0.1) is 0 Å². The van der Waals surface area contributed by atoms with E-state index in [4.69, 9.17) is 22.7 Å². The summed E-state index contributed by atoms with van der Waals surface area (Å²) < 4.78 is 0. The van der Waals surface area contributed by atoms with Crippen LogP contribution in [0, 0.1) is 5.41 Å². The SMILES string of the molecule is N=C1C(N)CN=C(N)N1N. The molecule has 7 N–H and O–H groups in total. The van der Waals surface area contributed by atoms with Gasteiger partial charge in [-0.25, -0.2) is 15.8 Å². The van der Waals surface area contributed by atoms with E-state index in [-0.39, 0.29) is 11.8 Å². The lowest BCUT2D eigenvalue weighted by Gasteiger charge is -2.25. The minimum absolute atomic E-state index is 0.104. The van der Waals surface area contributed by atoms with Gasteiger partial charge >= 0.3 is 0 Å². The predicted molar refractivity (Wildman–Crippen MR) is 38.2 cm³/mol. The van der Waals surface area contributed by atoms with Crippen molar-refractivity contribution in [3.8, 4) is 0 Å². The fraction of sp³-hybridized carbons (Fsp3) is 0.500. The molecule has 0 saturated heterocycles. The molecule has 0 aromatic carbocycles. The molecule has 6 heteroatoms. The smallest absolute Gasteiger partial charge is 0.211 e. The first-order valence-corrected chi connectivity index (χ1v) is 2.81. The van der Waals surface area contributed by atoms with Gasteiger partial charge in [-0.1, -0.05) is 0 Å². The molecule has 56 valence electrons. The summed E-state index contributed by atoms with van der Waals surface area (Å²) in [6.45, 7) is 0.346. The molecule has 0 saturated carbocycles. The van der Waals surface area contributed by atoms with Gasteiger partial charge in [0.15, 0.2) is 0 Å². The molecular formula is C4H10N6. The number of guanidine groups is 1. The van der Waals surface area contributed by atoms with E-state index in [0.717, 1.165) is 5.01 Å². The van der Waals surface area contributed by atoms with Crippen LogP contribution in [0.1, 0.15) is 0 Å².